The van der Waals surface area contributed by atoms with Gasteiger partial charge in [0.2, 0.25) is 5.96 Å². The Morgan fingerprint density at radius 2 is 1.77 bits per heavy atom. The number of likely N-dealkylation sites (N-methyl/N-ethyl adjacent to an activating group) is 1. The minimum atomic E-state index is -0.543. The van der Waals surface area contributed by atoms with Crippen LogP contribution in [-0.2, 0) is 11.2 Å². The number of urea groups is 1. The van der Waals surface area contributed by atoms with Crippen molar-refractivity contribution >= 4 is 23.6 Å². The highest BCUT2D eigenvalue weighted by Crippen LogP contribution is 2.36. The van der Waals surface area contributed by atoms with Gasteiger partial charge in [-0.15, -0.1) is 0 Å². The number of imide groups is 1. The average molecular weight is 415 g/mol. The Morgan fingerprint density at radius 3 is 2.52 bits per heavy atom. The molecule has 31 heavy (non-hydrogen) atoms. The fourth-order valence-corrected chi connectivity index (χ4v) is 4.53. The van der Waals surface area contributed by atoms with Crippen LogP contribution in [0.3, 0.4) is 0 Å². The maximum Gasteiger partial charge on any atom is 0.328 e. The quantitative estimate of drug-likeness (QED) is 0.770. The van der Waals surface area contributed by atoms with Gasteiger partial charge < -0.3 is 9.80 Å². The summed E-state index contributed by atoms with van der Waals surface area (Å²) in [5, 5.41) is 0. The van der Waals surface area contributed by atoms with E-state index in [0.717, 1.165) is 22.5 Å². The molecule has 7 heteroatoms. The molecule has 0 bridgehead atoms. The van der Waals surface area contributed by atoms with Gasteiger partial charge in [-0.05, 0) is 43.5 Å². The molecule has 5 rings (SSSR count). The van der Waals surface area contributed by atoms with Gasteiger partial charge in [-0.2, -0.15) is 0 Å². The van der Waals surface area contributed by atoms with Crippen molar-refractivity contribution < 1.29 is 9.59 Å². The molecule has 3 aliphatic heterocycles. The number of benzene rings is 2. The third-order valence-electron chi connectivity index (χ3n) is 6.11. The fourth-order valence-electron chi connectivity index (χ4n) is 4.53. The van der Waals surface area contributed by atoms with Crippen LogP contribution < -0.4 is 4.90 Å². The van der Waals surface area contributed by atoms with Crippen molar-refractivity contribution in [3.05, 3.63) is 77.6 Å². The number of fused-ring (bicyclic) bond motifs is 3. The van der Waals surface area contributed by atoms with E-state index in [-0.39, 0.29) is 11.9 Å². The minimum absolute atomic E-state index is 0.196. The van der Waals surface area contributed by atoms with E-state index < -0.39 is 12.2 Å². The van der Waals surface area contributed by atoms with Gasteiger partial charge in [-0.25, -0.2) is 9.79 Å². The Labute approximate surface area is 181 Å². The first-order valence-electron chi connectivity index (χ1n) is 10.5. The molecule has 3 heterocycles. The predicted molar refractivity (Wildman–Crippen MR) is 119 cm³/mol. The van der Waals surface area contributed by atoms with Crippen molar-refractivity contribution in [1.82, 2.24) is 14.7 Å². The number of carbonyl (C=O) groups excluding carboxylic acids is 2. The van der Waals surface area contributed by atoms with Crippen molar-refractivity contribution in [1.29, 1.82) is 0 Å². The highest BCUT2D eigenvalue weighted by Gasteiger charge is 2.54. The lowest BCUT2D eigenvalue weighted by molar-refractivity contribution is -0.136. The Balaban J connectivity index is 1.43. The van der Waals surface area contributed by atoms with Gasteiger partial charge in [0.1, 0.15) is 0 Å². The van der Waals surface area contributed by atoms with Gasteiger partial charge >= 0.3 is 6.03 Å². The molecule has 2 aromatic carbocycles. The van der Waals surface area contributed by atoms with E-state index in [9.17, 15) is 9.59 Å². The smallest absolute Gasteiger partial charge is 0.302 e. The first kappa shape index (κ1) is 19.4. The average Bonchev–Trinajstić information content (AvgIpc) is 3.27. The largest absolute Gasteiger partial charge is 0.328 e. The van der Waals surface area contributed by atoms with Crippen molar-refractivity contribution in [3.8, 4) is 0 Å². The third kappa shape index (κ3) is 3.08. The van der Waals surface area contributed by atoms with Crippen molar-refractivity contribution in [2.45, 2.75) is 32.5 Å². The molecule has 2 atom stereocenters. The molecule has 7 nitrogen and oxygen atoms in total. The number of rotatable bonds is 4. The third-order valence-corrected chi connectivity index (χ3v) is 6.11. The number of hydrogen-bond acceptors (Lipinski definition) is 5. The van der Waals surface area contributed by atoms with Crippen LogP contribution in [-0.4, -0.2) is 58.4 Å². The lowest BCUT2D eigenvalue weighted by atomic mass is 10.1. The van der Waals surface area contributed by atoms with E-state index in [2.05, 4.69) is 6.07 Å². The molecule has 1 fully saturated rings. The predicted octanol–water partition coefficient (Wildman–Crippen LogP) is 3.18. The Hall–Kier alpha value is -3.61. The van der Waals surface area contributed by atoms with Gasteiger partial charge in [0, 0.05) is 31.2 Å². The molecule has 0 aromatic heterocycles. The zero-order valence-electron chi connectivity index (χ0n) is 17.9. The van der Waals surface area contributed by atoms with Crippen LogP contribution in [0.1, 0.15) is 18.1 Å². The van der Waals surface area contributed by atoms with E-state index in [4.69, 9.17) is 4.99 Å². The van der Waals surface area contributed by atoms with Crippen molar-refractivity contribution in [2.24, 2.45) is 4.99 Å². The van der Waals surface area contributed by atoms with E-state index in [1.54, 1.807) is 11.9 Å². The first-order valence-corrected chi connectivity index (χ1v) is 10.5. The molecule has 3 aliphatic rings. The number of aliphatic imine (C=N–C) groups is 1. The monoisotopic (exact) mass is 415 g/mol. The molecule has 2 unspecified atom stereocenters. The fraction of sp³-hybridized carbons (Fsp3) is 0.292. The van der Waals surface area contributed by atoms with Crippen LogP contribution in [0, 0.1) is 6.92 Å². The molecule has 0 aliphatic carbocycles. The Kier molecular flexibility index (Phi) is 4.54. The molecule has 0 spiro atoms. The lowest BCUT2D eigenvalue weighted by Gasteiger charge is -2.40. The molecule has 0 radical (unpaired) electrons. The summed E-state index contributed by atoms with van der Waals surface area (Å²) in [6.45, 7) is 4.41. The van der Waals surface area contributed by atoms with Gasteiger partial charge in [0.15, 0.2) is 12.2 Å². The summed E-state index contributed by atoms with van der Waals surface area (Å²) in [7, 11) is 1.72. The van der Waals surface area contributed by atoms with Crippen LogP contribution in [0.25, 0.3) is 0 Å². The number of guanidine groups is 1. The topological polar surface area (TPSA) is 59.5 Å². The van der Waals surface area contributed by atoms with Gasteiger partial charge in [-0.3, -0.25) is 14.6 Å². The summed E-state index contributed by atoms with van der Waals surface area (Å²) in [6.07, 6.45) is 2.06. The van der Waals surface area contributed by atoms with Crippen LogP contribution in [0.2, 0.25) is 0 Å². The maximum absolute atomic E-state index is 13.4. The minimum Gasteiger partial charge on any atom is -0.302 e. The zero-order chi connectivity index (χ0) is 21.7. The molecule has 0 saturated carbocycles. The number of carbonyl (C=O) groups is 2. The maximum atomic E-state index is 13.4. The summed E-state index contributed by atoms with van der Waals surface area (Å²) in [6, 6.07) is 17.2. The van der Waals surface area contributed by atoms with Crippen LogP contribution in [0.15, 0.2) is 71.5 Å². The molecular weight excluding hydrogens is 390 g/mol. The standard InChI is InChI=1S/C24H25N5O2/c1-16-8-7-11-19(14-16)29-17(2)15-28-20-21(25-23(28)29)26(3)24(31)27(22(20)30)13-12-18-9-5-4-6-10-18/h4-11,14-15,20-21H,12-13H2,1-3H3. The molecule has 1 saturated heterocycles. The Morgan fingerprint density at radius 1 is 1.00 bits per heavy atom. The molecular formula is C24H25N5O2. The van der Waals surface area contributed by atoms with E-state index >= 15 is 0 Å². The van der Waals surface area contributed by atoms with Crippen LogP contribution >= 0.6 is 0 Å². The van der Waals surface area contributed by atoms with Gasteiger partial charge in [0.05, 0.1) is 0 Å². The van der Waals surface area contributed by atoms with Crippen molar-refractivity contribution in [2.75, 3.05) is 18.5 Å². The van der Waals surface area contributed by atoms with Crippen LogP contribution in [0.4, 0.5) is 10.5 Å². The number of amides is 3. The SMILES string of the molecule is CC1=CN2C(=NC3C2C(=O)N(CCc2ccccc2)C(=O)N3C)N1c1cccc(C)c1. The second-order valence-corrected chi connectivity index (χ2v) is 8.26. The molecule has 2 aromatic rings. The summed E-state index contributed by atoms with van der Waals surface area (Å²) in [5.41, 5.74) is 4.23. The van der Waals surface area contributed by atoms with E-state index in [0.29, 0.717) is 18.9 Å². The number of aryl methyl sites for hydroxylation is 1. The Bertz CT molecular complexity index is 1110. The lowest BCUT2D eigenvalue weighted by Crippen LogP contribution is -2.64. The first-order chi connectivity index (χ1) is 15.0. The molecule has 3 amide bonds. The summed E-state index contributed by atoms with van der Waals surface area (Å²) >= 11 is 0. The summed E-state index contributed by atoms with van der Waals surface area (Å²) in [4.78, 5) is 38.2. The second-order valence-electron chi connectivity index (χ2n) is 8.26. The van der Waals surface area contributed by atoms with E-state index in [1.165, 1.54) is 4.90 Å². The normalized spacial score (nSPS) is 22.5. The van der Waals surface area contributed by atoms with Crippen LogP contribution in [0.5, 0.6) is 0 Å². The van der Waals surface area contributed by atoms with Gasteiger partial charge in [-0.1, -0.05) is 42.5 Å². The molecule has 158 valence electrons. The zero-order valence-corrected chi connectivity index (χ0v) is 17.9. The second kappa shape index (κ2) is 7.27. The highest BCUT2D eigenvalue weighted by molar-refractivity contribution is 6.09. The van der Waals surface area contributed by atoms with Crippen molar-refractivity contribution in [3.63, 3.8) is 0 Å². The number of hydrogen-bond donors (Lipinski definition) is 0. The highest BCUT2D eigenvalue weighted by atomic mass is 16.2. The van der Waals surface area contributed by atoms with E-state index in [1.807, 2.05) is 78.4 Å². The number of allylic oxidation sites excluding steroid dienone is 1. The molecule has 0 N–H and O–H groups in total. The summed E-state index contributed by atoms with van der Waals surface area (Å²) in [5.74, 6) is 0.494. The number of anilines is 1. The number of nitrogens with zero attached hydrogens (tertiary/aromatic N) is 5. The van der Waals surface area contributed by atoms with Gasteiger partial charge in [0.25, 0.3) is 5.91 Å². The summed E-state index contributed by atoms with van der Waals surface area (Å²) < 4.78 is 0.